The Balaban J connectivity index is 1.75. The fourth-order valence-corrected chi connectivity index (χ4v) is 2.93. The number of imidazole rings is 1. The minimum atomic E-state index is -0.418. The highest BCUT2D eigenvalue weighted by molar-refractivity contribution is 5.91. The molecule has 1 amide bonds. The van der Waals surface area contributed by atoms with Crippen LogP contribution in [0.3, 0.4) is 0 Å². The van der Waals surface area contributed by atoms with Gasteiger partial charge < -0.3 is 5.32 Å². The van der Waals surface area contributed by atoms with Crippen LogP contribution in [0, 0.1) is 5.82 Å². The molecule has 0 bridgehead atoms. The number of fused-ring (bicyclic) bond motifs is 1. The summed E-state index contributed by atoms with van der Waals surface area (Å²) in [5.41, 5.74) is 1.64. The lowest BCUT2D eigenvalue weighted by atomic mass is 10.3. The Bertz CT molecular complexity index is 1160. The predicted octanol–water partition coefficient (Wildman–Crippen LogP) is 2.97. The lowest BCUT2D eigenvalue weighted by molar-refractivity contribution is -0.116. The zero-order valence-corrected chi connectivity index (χ0v) is 14.2. The number of para-hydroxylation sites is 1. The summed E-state index contributed by atoms with van der Waals surface area (Å²) in [6, 6.07) is 18.0. The third-order valence-electron chi connectivity index (χ3n) is 4.13. The van der Waals surface area contributed by atoms with E-state index in [9.17, 15) is 14.0 Å². The van der Waals surface area contributed by atoms with Crippen molar-refractivity contribution in [3.63, 3.8) is 0 Å². The van der Waals surface area contributed by atoms with Gasteiger partial charge in [0.1, 0.15) is 12.4 Å². The Labute approximate surface area is 153 Å². The number of hydrogen-bond donors (Lipinski definition) is 1. The summed E-state index contributed by atoms with van der Waals surface area (Å²) in [5.74, 6) is -0.726. The summed E-state index contributed by atoms with van der Waals surface area (Å²) in [6.07, 6.45) is 1.57. The molecule has 4 aromatic rings. The lowest BCUT2D eigenvalue weighted by Crippen LogP contribution is -2.28. The molecule has 27 heavy (non-hydrogen) atoms. The van der Waals surface area contributed by atoms with Gasteiger partial charge in [0, 0.05) is 11.9 Å². The first-order chi connectivity index (χ1) is 13.1. The monoisotopic (exact) mass is 362 g/mol. The van der Waals surface area contributed by atoms with Crippen molar-refractivity contribution in [2.24, 2.45) is 0 Å². The summed E-state index contributed by atoms with van der Waals surface area (Å²) in [6.45, 7) is -0.163. The summed E-state index contributed by atoms with van der Waals surface area (Å²) in [7, 11) is 0. The Kier molecular flexibility index (Phi) is 4.25. The number of benzene rings is 2. The van der Waals surface area contributed by atoms with Crippen LogP contribution in [0.1, 0.15) is 0 Å². The molecule has 0 radical (unpaired) electrons. The van der Waals surface area contributed by atoms with Crippen molar-refractivity contribution in [3.05, 3.63) is 89.2 Å². The minimum Gasteiger partial charge on any atom is -0.325 e. The molecule has 1 N–H and O–H groups in total. The molecule has 0 saturated carbocycles. The van der Waals surface area contributed by atoms with Gasteiger partial charge in [0.15, 0.2) is 5.65 Å². The van der Waals surface area contributed by atoms with Gasteiger partial charge in [-0.2, -0.15) is 0 Å². The van der Waals surface area contributed by atoms with E-state index < -0.39 is 11.5 Å². The SMILES string of the molecule is O=C(Cn1c(=O)n(-c2ccc(F)cc2)c2ncccc21)Nc1ccccc1. The molecule has 134 valence electrons. The molecule has 0 aliphatic carbocycles. The van der Waals surface area contributed by atoms with E-state index in [0.29, 0.717) is 22.5 Å². The van der Waals surface area contributed by atoms with Gasteiger partial charge in [-0.3, -0.25) is 9.36 Å². The molecule has 4 rings (SSSR count). The average Bonchev–Trinajstić information content (AvgIpc) is 2.95. The van der Waals surface area contributed by atoms with Gasteiger partial charge in [0.2, 0.25) is 5.91 Å². The Morgan fingerprint density at radius 2 is 1.74 bits per heavy atom. The second-order valence-corrected chi connectivity index (χ2v) is 5.94. The van der Waals surface area contributed by atoms with Crippen molar-refractivity contribution in [3.8, 4) is 5.69 Å². The third-order valence-corrected chi connectivity index (χ3v) is 4.13. The fourth-order valence-electron chi connectivity index (χ4n) is 2.93. The van der Waals surface area contributed by atoms with Crippen LogP contribution in [0.4, 0.5) is 10.1 Å². The van der Waals surface area contributed by atoms with Gasteiger partial charge in [-0.15, -0.1) is 0 Å². The summed E-state index contributed by atoms with van der Waals surface area (Å²) >= 11 is 0. The van der Waals surface area contributed by atoms with Gasteiger partial charge in [0.05, 0.1) is 11.2 Å². The highest BCUT2D eigenvalue weighted by Gasteiger charge is 2.17. The largest absolute Gasteiger partial charge is 0.335 e. The Hall–Kier alpha value is -3.74. The van der Waals surface area contributed by atoms with Crippen molar-refractivity contribution < 1.29 is 9.18 Å². The molecule has 2 heterocycles. The number of anilines is 1. The number of amides is 1. The first-order valence-corrected chi connectivity index (χ1v) is 8.30. The number of rotatable bonds is 4. The Morgan fingerprint density at radius 1 is 1.00 bits per heavy atom. The standard InChI is InChI=1S/C20H15FN4O2/c21-14-8-10-16(11-9-14)25-19-17(7-4-12-22-19)24(20(25)27)13-18(26)23-15-5-2-1-3-6-15/h1-12H,13H2,(H,23,26). The van der Waals surface area contributed by atoms with Crippen molar-refractivity contribution >= 4 is 22.8 Å². The van der Waals surface area contributed by atoms with E-state index in [0.717, 1.165) is 0 Å². The normalized spacial score (nSPS) is 10.9. The molecular weight excluding hydrogens is 347 g/mol. The van der Waals surface area contributed by atoms with Crippen molar-refractivity contribution in [2.75, 3.05) is 5.32 Å². The number of nitrogens with one attached hydrogen (secondary N) is 1. The lowest BCUT2D eigenvalue weighted by Gasteiger charge is -2.06. The summed E-state index contributed by atoms with van der Waals surface area (Å²) in [4.78, 5) is 29.7. The number of pyridine rings is 1. The van der Waals surface area contributed by atoms with E-state index in [-0.39, 0.29) is 12.5 Å². The predicted molar refractivity (Wildman–Crippen MR) is 100 cm³/mol. The van der Waals surface area contributed by atoms with E-state index in [4.69, 9.17) is 0 Å². The number of aromatic nitrogens is 3. The van der Waals surface area contributed by atoms with Crippen molar-refractivity contribution in [1.29, 1.82) is 0 Å². The van der Waals surface area contributed by atoms with Crippen LogP contribution in [-0.4, -0.2) is 20.0 Å². The van der Waals surface area contributed by atoms with Crippen molar-refractivity contribution in [1.82, 2.24) is 14.1 Å². The van der Waals surface area contributed by atoms with E-state index in [1.54, 1.807) is 30.5 Å². The summed E-state index contributed by atoms with van der Waals surface area (Å²) in [5, 5.41) is 2.76. The van der Waals surface area contributed by atoms with Crippen LogP contribution in [0.25, 0.3) is 16.9 Å². The highest BCUT2D eigenvalue weighted by Crippen LogP contribution is 2.16. The maximum Gasteiger partial charge on any atom is 0.335 e. The Morgan fingerprint density at radius 3 is 2.48 bits per heavy atom. The first kappa shape index (κ1) is 16.7. The molecule has 0 unspecified atom stereocenters. The zero-order valence-electron chi connectivity index (χ0n) is 14.2. The molecule has 0 spiro atoms. The molecule has 0 aliphatic heterocycles. The van der Waals surface area contributed by atoms with Crippen LogP contribution in [-0.2, 0) is 11.3 Å². The first-order valence-electron chi connectivity index (χ1n) is 8.30. The van der Waals surface area contributed by atoms with Crippen LogP contribution >= 0.6 is 0 Å². The summed E-state index contributed by atoms with van der Waals surface area (Å²) < 4.78 is 16.0. The molecule has 0 saturated heterocycles. The fraction of sp³-hybridized carbons (Fsp3) is 0.0500. The second kappa shape index (κ2) is 6.87. The highest BCUT2D eigenvalue weighted by atomic mass is 19.1. The number of hydrogen-bond acceptors (Lipinski definition) is 3. The van der Waals surface area contributed by atoms with Crippen LogP contribution in [0.2, 0.25) is 0 Å². The quantitative estimate of drug-likeness (QED) is 0.607. The minimum absolute atomic E-state index is 0.163. The van der Waals surface area contributed by atoms with Gasteiger partial charge >= 0.3 is 5.69 Å². The van der Waals surface area contributed by atoms with Crippen molar-refractivity contribution in [2.45, 2.75) is 6.54 Å². The van der Waals surface area contributed by atoms with Gasteiger partial charge in [0.25, 0.3) is 0 Å². The van der Waals surface area contributed by atoms with Gasteiger partial charge in [-0.05, 0) is 48.5 Å². The van der Waals surface area contributed by atoms with Gasteiger partial charge in [-0.25, -0.2) is 18.7 Å². The topological polar surface area (TPSA) is 68.9 Å². The molecule has 6 nitrogen and oxygen atoms in total. The zero-order chi connectivity index (χ0) is 18.8. The van der Waals surface area contributed by atoms with E-state index >= 15 is 0 Å². The molecule has 2 aromatic carbocycles. The molecule has 0 fully saturated rings. The third kappa shape index (κ3) is 3.22. The second-order valence-electron chi connectivity index (χ2n) is 5.94. The van der Waals surface area contributed by atoms with Crippen LogP contribution in [0.15, 0.2) is 77.7 Å². The van der Waals surface area contributed by atoms with E-state index in [1.165, 1.54) is 33.4 Å². The van der Waals surface area contributed by atoms with E-state index in [1.807, 2.05) is 18.2 Å². The van der Waals surface area contributed by atoms with E-state index in [2.05, 4.69) is 10.3 Å². The number of halogens is 1. The maximum absolute atomic E-state index is 13.2. The smallest absolute Gasteiger partial charge is 0.325 e. The number of carbonyl (C=O) groups excluding carboxylic acids is 1. The molecule has 7 heteroatoms. The number of nitrogens with zero attached hydrogens (tertiary/aromatic N) is 3. The molecule has 2 aromatic heterocycles. The van der Waals surface area contributed by atoms with Gasteiger partial charge in [-0.1, -0.05) is 18.2 Å². The number of carbonyl (C=O) groups is 1. The molecular formula is C20H15FN4O2. The molecule has 0 aliphatic rings. The molecule has 0 atom stereocenters. The van der Waals surface area contributed by atoms with Crippen LogP contribution in [0.5, 0.6) is 0 Å². The average molecular weight is 362 g/mol. The van der Waals surface area contributed by atoms with Crippen LogP contribution < -0.4 is 11.0 Å². The maximum atomic E-state index is 13.2.